The molecule has 146 valence electrons. The van der Waals surface area contributed by atoms with Gasteiger partial charge in [-0.25, -0.2) is 4.79 Å². The Kier molecular flexibility index (Phi) is 6.59. The zero-order chi connectivity index (χ0) is 18.4. The largest absolute Gasteiger partial charge is 0.468 e. The molecule has 0 aliphatic carbocycles. The highest BCUT2D eigenvalue weighted by Crippen LogP contribution is 2.25. The SMILES string of the molecule is CC(C)(CNC(=O)NCC(c1ccco1)N1CCCC1)N1CCCCC1. The molecule has 3 rings (SSSR count). The minimum Gasteiger partial charge on any atom is -0.468 e. The van der Waals surface area contributed by atoms with E-state index in [-0.39, 0.29) is 17.6 Å². The van der Waals surface area contributed by atoms with E-state index in [2.05, 4.69) is 34.3 Å². The summed E-state index contributed by atoms with van der Waals surface area (Å²) in [6.45, 7) is 10.1. The molecule has 2 amide bonds. The summed E-state index contributed by atoms with van der Waals surface area (Å²) in [4.78, 5) is 17.3. The van der Waals surface area contributed by atoms with Crippen molar-refractivity contribution in [2.75, 3.05) is 39.3 Å². The lowest BCUT2D eigenvalue weighted by molar-refractivity contribution is 0.0958. The van der Waals surface area contributed by atoms with E-state index in [4.69, 9.17) is 4.42 Å². The van der Waals surface area contributed by atoms with Gasteiger partial charge in [-0.15, -0.1) is 0 Å². The Hall–Kier alpha value is -1.53. The lowest BCUT2D eigenvalue weighted by Gasteiger charge is -2.41. The molecular weight excluding hydrogens is 328 g/mol. The van der Waals surface area contributed by atoms with Gasteiger partial charge in [0.15, 0.2) is 0 Å². The predicted molar refractivity (Wildman–Crippen MR) is 103 cm³/mol. The Labute approximate surface area is 157 Å². The fraction of sp³-hybridized carbons (Fsp3) is 0.750. The summed E-state index contributed by atoms with van der Waals surface area (Å²) in [6, 6.07) is 3.95. The van der Waals surface area contributed by atoms with E-state index >= 15 is 0 Å². The number of hydrogen-bond acceptors (Lipinski definition) is 4. The predicted octanol–water partition coefficient (Wildman–Crippen LogP) is 2.98. The van der Waals surface area contributed by atoms with Crippen LogP contribution >= 0.6 is 0 Å². The lowest BCUT2D eigenvalue weighted by atomic mass is 9.98. The number of amides is 2. The quantitative estimate of drug-likeness (QED) is 0.783. The summed E-state index contributed by atoms with van der Waals surface area (Å²) in [6.07, 6.45) is 7.98. The normalized spacial score (nSPS) is 20.8. The third-order valence-electron chi connectivity index (χ3n) is 5.80. The highest BCUT2D eigenvalue weighted by atomic mass is 16.3. The van der Waals surface area contributed by atoms with Gasteiger partial charge in [-0.3, -0.25) is 9.80 Å². The summed E-state index contributed by atoms with van der Waals surface area (Å²) in [5, 5.41) is 6.12. The molecule has 2 fully saturated rings. The minimum absolute atomic E-state index is 0.00682. The first kappa shape index (κ1) is 19.2. The van der Waals surface area contributed by atoms with E-state index in [0.29, 0.717) is 13.1 Å². The molecule has 6 nitrogen and oxygen atoms in total. The molecule has 0 aromatic carbocycles. The minimum atomic E-state index is -0.0918. The van der Waals surface area contributed by atoms with Gasteiger partial charge in [-0.05, 0) is 77.8 Å². The van der Waals surface area contributed by atoms with Gasteiger partial charge in [0.1, 0.15) is 5.76 Å². The van der Waals surface area contributed by atoms with Crippen molar-refractivity contribution >= 4 is 6.03 Å². The van der Waals surface area contributed by atoms with E-state index in [1.807, 2.05) is 12.1 Å². The maximum atomic E-state index is 12.4. The average molecular weight is 363 g/mol. The van der Waals surface area contributed by atoms with Crippen LogP contribution in [0.25, 0.3) is 0 Å². The number of carbonyl (C=O) groups excluding carboxylic acids is 1. The van der Waals surface area contributed by atoms with Crippen molar-refractivity contribution in [3.63, 3.8) is 0 Å². The van der Waals surface area contributed by atoms with Crippen molar-refractivity contribution in [3.8, 4) is 0 Å². The molecule has 0 bridgehead atoms. The third kappa shape index (κ3) is 5.01. The van der Waals surface area contributed by atoms with Crippen LogP contribution in [0.2, 0.25) is 0 Å². The molecule has 1 aromatic rings. The van der Waals surface area contributed by atoms with E-state index < -0.39 is 0 Å². The summed E-state index contributed by atoms with van der Waals surface area (Å²) in [5.74, 6) is 0.931. The number of urea groups is 1. The highest BCUT2D eigenvalue weighted by molar-refractivity contribution is 5.73. The molecule has 2 N–H and O–H groups in total. The van der Waals surface area contributed by atoms with Crippen LogP contribution in [0.15, 0.2) is 22.8 Å². The van der Waals surface area contributed by atoms with Crippen LogP contribution < -0.4 is 10.6 Å². The van der Waals surface area contributed by atoms with E-state index in [9.17, 15) is 4.79 Å². The lowest BCUT2D eigenvalue weighted by Crippen LogP contribution is -2.54. The van der Waals surface area contributed by atoms with Gasteiger partial charge in [0, 0.05) is 18.6 Å². The second-order valence-corrected chi connectivity index (χ2v) is 8.20. The summed E-state index contributed by atoms with van der Waals surface area (Å²) in [7, 11) is 0. The second kappa shape index (κ2) is 8.91. The van der Waals surface area contributed by atoms with Gasteiger partial charge in [0.05, 0.1) is 12.3 Å². The summed E-state index contributed by atoms with van der Waals surface area (Å²) < 4.78 is 5.61. The Morgan fingerprint density at radius 2 is 1.81 bits per heavy atom. The van der Waals surface area contributed by atoms with Crippen LogP contribution in [0, 0.1) is 0 Å². The van der Waals surface area contributed by atoms with Crippen LogP contribution in [0.3, 0.4) is 0 Å². The molecule has 0 spiro atoms. The zero-order valence-electron chi connectivity index (χ0n) is 16.3. The molecule has 1 atom stereocenters. The van der Waals surface area contributed by atoms with Crippen molar-refractivity contribution in [1.29, 1.82) is 0 Å². The number of furan rings is 1. The van der Waals surface area contributed by atoms with Gasteiger partial charge in [0.25, 0.3) is 0 Å². The van der Waals surface area contributed by atoms with Crippen LogP contribution in [0.4, 0.5) is 4.79 Å². The fourth-order valence-corrected chi connectivity index (χ4v) is 4.10. The molecule has 2 aliphatic heterocycles. The van der Waals surface area contributed by atoms with Crippen molar-refractivity contribution in [2.24, 2.45) is 0 Å². The maximum Gasteiger partial charge on any atom is 0.314 e. The molecule has 1 aromatic heterocycles. The number of hydrogen-bond donors (Lipinski definition) is 2. The van der Waals surface area contributed by atoms with Gasteiger partial charge < -0.3 is 15.1 Å². The molecule has 3 heterocycles. The first-order valence-electron chi connectivity index (χ1n) is 10.1. The van der Waals surface area contributed by atoms with Gasteiger partial charge >= 0.3 is 6.03 Å². The Balaban J connectivity index is 1.47. The smallest absolute Gasteiger partial charge is 0.314 e. The van der Waals surface area contributed by atoms with E-state index in [1.54, 1.807) is 6.26 Å². The topological polar surface area (TPSA) is 60.8 Å². The number of carbonyl (C=O) groups is 1. The number of rotatable bonds is 7. The van der Waals surface area contributed by atoms with Crippen LogP contribution in [0.1, 0.15) is 57.8 Å². The van der Waals surface area contributed by atoms with Crippen molar-refractivity contribution in [3.05, 3.63) is 24.2 Å². The summed E-state index contributed by atoms with van der Waals surface area (Å²) >= 11 is 0. The Morgan fingerprint density at radius 3 is 2.46 bits per heavy atom. The zero-order valence-corrected chi connectivity index (χ0v) is 16.3. The molecule has 26 heavy (non-hydrogen) atoms. The monoisotopic (exact) mass is 362 g/mol. The molecule has 0 saturated carbocycles. The van der Waals surface area contributed by atoms with E-state index in [0.717, 1.165) is 31.9 Å². The average Bonchev–Trinajstić information content (AvgIpc) is 3.36. The standard InChI is InChI=1S/C20H34N4O2/c1-20(2,24-12-4-3-5-13-24)16-22-19(25)21-15-17(18-9-8-14-26-18)23-10-6-7-11-23/h8-9,14,17H,3-7,10-13,15-16H2,1-2H3,(H2,21,22,25). The number of piperidine rings is 1. The molecule has 2 aliphatic rings. The van der Waals surface area contributed by atoms with Crippen LogP contribution in [-0.2, 0) is 0 Å². The fourth-order valence-electron chi connectivity index (χ4n) is 4.10. The van der Waals surface area contributed by atoms with E-state index in [1.165, 1.54) is 32.1 Å². The molecule has 6 heteroatoms. The Morgan fingerprint density at radius 1 is 1.12 bits per heavy atom. The van der Waals surface area contributed by atoms with Crippen molar-refractivity contribution in [1.82, 2.24) is 20.4 Å². The molecule has 0 radical (unpaired) electrons. The first-order valence-corrected chi connectivity index (χ1v) is 10.1. The van der Waals surface area contributed by atoms with Gasteiger partial charge in [-0.1, -0.05) is 6.42 Å². The number of nitrogens with one attached hydrogen (secondary N) is 2. The van der Waals surface area contributed by atoms with Crippen LogP contribution in [-0.4, -0.2) is 60.6 Å². The molecule has 1 unspecified atom stereocenters. The molecule has 2 saturated heterocycles. The Bertz CT molecular complexity index is 546. The number of nitrogens with zero attached hydrogens (tertiary/aromatic N) is 2. The van der Waals surface area contributed by atoms with Crippen molar-refractivity contribution in [2.45, 2.75) is 57.5 Å². The maximum absolute atomic E-state index is 12.4. The summed E-state index contributed by atoms with van der Waals surface area (Å²) in [5.41, 5.74) is -0.00682. The third-order valence-corrected chi connectivity index (χ3v) is 5.80. The first-order chi connectivity index (χ1) is 12.6. The second-order valence-electron chi connectivity index (χ2n) is 8.20. The van der Waals surface area contributed by atoms with Crippen molar-refractivity contribution < 1.29 is 9.21 Å². The molecular formula is C20H34N4O2. The highest BCUT2D eigenvalue weighted by Gasteiger charge is 2.29. The number of likely N-dealkylation sites (tertiary alicyclic amines) is 2. The van der Waals surface area contributed by atoms with Gasteiger partial charge in [0.2, 0.25) is 0 Å². The van der Waals surface area contributed by atoms with Crippen LogP contribution in [0.5, 0.6) is 0 Å². The van der Waals surface area contributed by atoms with Gasteiger partial charge in [-0.2, -0.15) is 0 Å².